The Bertz CT molecular complexity index is 734. The number of pyridine rings is 1. The largest absolute Gasteiger partial charge is 0.445 e. The van der Waals surface area contributed by atoms with Crippen molar-refractivity contribution in [1.29, 1.82) is 0 Å². The van der Waals surface area contributed by atoms with Crippen molar-refractivity contribution in [3.63, 3.8) is 0 Å². The molecule has 26 heavy (non-hydrogen) atoms. The molecule has 0 bridgehead atoms. The minimum atomic E-state index is -0.338. The van der Waals surface area contributed by atoms with Gasteiger partial charge in [-0.2, -0.15) is 0 Å². The SMILES string of the molecule is CCN(CCN(C)c1cccc(C(C)=O)n1)C(=O)OCc1ccccc1. The third-order valence-corrected chi connectivity index (χ3v) is 4.04. The summed E-state index contributed by atoms with van der Waals surface area (Å²) in [5, 5.41) is 0. The van der Waals surface area contributed by atoms with Crippen molar-refractivity contribution >= 4 is 17.7 Å². The Morgan fingerprint density at radius 1 is 1.04 bits per heavy atom. The zero-order chi connectivity index (χ0) is 18.9. The molecule has 0 spiro atoms. The second kappa shape index (κ2) is 9.56. The number of carbonyl (C=O) groups excluding carboxylic acids is 2. The first-order valence-electron chi connectivity index (χ1n) is 8.66. The Morgan fingerprint density at radius 2 is 1.77 bits per heavy atom. The second-order valence-electron chi connectivity index (χ2n) is 5.98. The lowest BCUT2D eigenvalue weighted by molar-refractivity contribution is 0.0988. The predicted octanol–water partition coefficient (Wildman–Crippen LogP) is 3.38. The lowest BCUT2D eigenvalue weighted by atomic mass is 10.2. The van der Waals surface area contributed by atoms with Gasteiger partial charge in [-0.15, -0.1) is 0 Å². The van der Waals surface area contributed by atoms with Crippen LogP contribution in [0, 0.1) is 0 Å². The van der Waals surface area contributed by atoms with E-state index in [4.69, 9.17) is 4.74 Å². The van der Waals surface area contributed by atoms with Gasteiger partial charge < -0.3 is 14.5 Å². The Balaban J connectivity index is 1.88. The molecule has 0 saturated heterocycles. The Labute approximate surface area is 154 Å². The average molecular weight is 355 g/mol. The highest BCUT2D eigenvalue weighted by molar-refractivity contribution is 5.92. The summed E-state index contributed by atoms with van der Waals surface area (Å²) >= 11 is 0. The molecule has 2 aromatic rings. The van der Waals surface area contributed by atoms with E-state index in [1.54, 1.807) is 17.0 Å². The standard InChI is InChI=1S/C20H25N3O3/c1-4-23(20(25)26-15-17-9-6-5-7-10-17)14-13-22(3)19-12-8-11-18(21-19)16(2)24/h5-12H,4,13-15H2,1-3H3. The van der Waals surface area contributed by atoms with E-state index in [2.05, 4.69) is 4.98 Å². The number of nitrogens with zero attached hydrogens (tertiary/aromatic N) is 3. The molecule has 1 aromatic carbocycles. The number of Topliss-reactive ketones (excluding diaryl/α,β-unsaturated/α-hetero) is 1. The van der Waals surface area contributed by atoms with Gasteiger partial charge in [0.05, 0.1) is 0 Å². The quantitative estimate of drug-likeness (QED) is 0.679. The van der Waals surface area contributed by atoms with Crippen LogP contribution in [0.5, 0.6) is 0 Å². The number of hydrogen-bond donors (Lipinski definition) is 0. The van der Waals surface area contributed by atoms with Gasteiger partial charge in [-0.05, 0) is 24.6 Å². The molecule has 0 saturated carbocycles. The van der Waals surface area contributed by atoms with Crippen molar-refractivity contribution in [2.24, 2.45) is 0 Å². The maximum atomic E-state index is 12.3. The van der Waals surface area contributed by atoms with Crippen molar-refractivity contribution < 1.29 is 14.3 Å². The van der Waals surface area contributed by atoms with Crippen LogP contribution in [0.15, 0.2) is 48.5 Å². The van der Waals surface area contributed by atoms with Gasteiger partial charge in [0.2, 0.25) is 0 Å². The van der Waals surface area contributed by atoms with Gasteiger partial charge in [0.25, 0.3) is 0 Å². The lowest BCUT2D eigenvalue weighted by Gasteiger charge is -2.25. The number of anilines is 1. The molecule has 0 fully saturated rings. The summed E-state index contributed by atoms with van der Waals surface area (Å²) in [4.78, 5) is 31.6. The summed E-state index contributed by atoms with van der Waals surface area (Å²) < 4.78 is 5.38. The summed E-state index contributed by atoms with van der Waals surface area (Å²) in [6, 6.07) is 14.9. The normalized spacial score (nSPS) is 10.3. The minimum absolute atomic E-state index is 0.0695. The summed E-state index contributed by atoms with van der Waals surface area (Å²) in [6.45, 7) is 5.32. The fourth-order valence-electron chi connectivity index (χ4n) is 2.41. The van der Waals surface area contributed by atoms with Gasteiger partial charge in [-0.25, -0.2) is 9.78 Å². The molecular weight excluding hydrogens is 330 g/mol. The van der Waals surface area contributed by atoms with Crippen LogP contribution in [0.25, 0.3) is 0 Å². The van der Waals surface area contributed by atoms with Crippen LogP contribution < -0.4 is 4.90 Å². The van der Waals surface area contributed by atoms with E-state index in [1.807, 2.05) is 55.3 Å². The molecular formula is C20H25N3O3. The molecule has 0 aliphatic rings. The molecule has 138 valence electrons. The number of hydrogen-bond acceptors (Lipinski definition) is 5. The fraction of sp³-hybridized carbons (Fsp3) is 0.350. The van der Waals surface area contributed by atoms with Crippen molar-refractivity contribution in [1.82, 2.24) is 9.88 Å². The predicted molar refractivity (Wildman–Crippen MR) is 101 cm³/mol. The third kappa shape index (κ3) is 5.58. The highest BCUT2D eigenvalue weighted by atomic mass is 16.6. The van der Waals surface area contributed by atoms with Gasteiger partial charge in [0.15, 0.2) is 5.78 Å². The first-order valence-corrected chi connectivity index (χ1v) is 8.66. The highest BCUT2D eigenvalue weighted by Gasteiger charge is 2.15. The van der Waals surface area contributed by atoms with Crippen LogP contribution in [0.2, 0.25) is 0 Å². The Hall–Kier alpha value is -2.89. The van der Waals surface area contributed by atoms with Crippen molar-refractivity contribution in [3.8, 4) is 0 Å². The van der Waals surface area contributed by atoms with Crippen LogP contribution >= 0.6 is 0 Å². The highest BCUT2D eigenvalue weighted by Crippen LogP contribution is 2.10. The number of ether oxygens (including phenoxy) is 1. The van der Waals surface area contributed by atoms with Gasteiger partial charge in [-0.1, -0.05) is 36.4 Å². The molecule has 0 aliphatic carbocycles. The van der Waals surface area contributed by atoms with E-state index in [9.17, 15) is 9.59 Å². The van der Waals surface area contributed by atoms with E-state index in [-0.39, 0.29) is 18.5 Å². The third-order valence-electron chi connectivity index (χ3n) is 4.04. The summed E-state index contributed by atoms with van der Waals surface area (Å²) in [5.74, 6) is 0.631. The van der Waals surface area contributed by atoms with E-state index in [1.165, 1.54) is 6.92 Å². The van der Waals surface area contributed by atoms with Crippen molar-refractivity contribution in [3.05, 3.63) is 59.8 Å². The molecule has 2 rings (SSSR count). The number of amides is 1. The summed E-state index contributed by atoms with van der Waals surface area (Å²) in [7, 11) is 1.88. The summed E-state index contributed by atoms with van der Waals surface area (Å²) in [5.41, 5.74) is 1.39. The van der Waals surface area contributed by atoms with Crippen LogP contribution in [0.4, 0.5) is 10.6 Å². The zero-order valence-electron chi connectivity index (χ0n) is 15.5. The maximum Gasteiger partial charge on any atom is 0.410 e. The van der Waals surface area contributed by atoms with Gasteiger partial charge in [0, 0.05) is 33.6 Å². The maximum absolute atomic E-state index is 12.3. The molecule has 6 nitrogen and oxygen atoms in total. The molecule has 0 radical (unpaired) electrons. The molecule has 0 atom stereocenters. The van der Waals surface area contributed by atoms with Crippen LogP contribution in [0.1, 0.15) is 29.9 Å². The topological polar surface area (TPSA) is 62.7 Å². The minimum Gasteiger partial charge on any atom is -0.445 e. The first kappa shape index (κ1) is 19.4. The van der Waals surface area contributed by atoms with Crippen LogP contribution in [0.3, 0.4) is 0 Å². The number of rotatable bonds is 8. The van der Waals surface area contributed by atoms with E-state index >= 15 is 0 Å². The number of aromatic nitrogens is 1. The number of benzene rings is 1. The molecule has 1 heterocycles. The van der Waals surface area contributed by atoms with Crippen molar-refractivity contribution in [2.75, 3.05) is 31.6 Å². The van der Waals surface area contributed by atoms with Crippen molar-refractivity contribution in [2.45, 2.75) is 20.5 Å². The number of carbonyl (C=O) groups is 2. The number of likely N-dealkylation sites (N-methyl/N-ethyl adjacent to an activating group) is 2. The molecule has 1 amide bonds. The lowest BCUT2D eigenvalue weighted by Crippen LogP contribution is -2.38. The fourth-order valence-corrected chi connectivity index (χ4v) is 2.41. The van der Waals surface area contributed by atoms with E-state index in [0.717, 1.165) is 5.56 Å². The monoisotopic (exact) mass is 355 g/mol. The van der Waals surface area contributed by atoms with Gasteiger partial charge >= 0.3 is 6.09 Å². The Kier molecular flexibility index (Phi) is 7.14. The van der Waals surface area contributed by atoms with Crippen LogP contribution in [-0.2, 0) is 11.3 Å². The first-order chi connectivity index (χ1) is 12.5. The zero-order valence-corrected chi connectivity index (χ0v) is 15.5. The average Bonchev–Trinajstić information content (AvgIpc) is 2.67. The molecule has 0 aliphatic heterocycles. The van der Waals surface area contributed by atoms with Gasteiger partial charge in [-0.3, -0.25) is 4.79 Å². The molecule has 6 heteroatoms. The second-order valence-corrected chi connectivity index (χ2v) is 5.98. The Morgan fingerprint density at radius 3 is 2.42 bits per heavy atom. The van der Waals surface area contributed by atoms with E-state index in [0.29, 0.717) is 31.1 Å². The van der Waals surface area contributed by atoms with Gasteiger partial charge in [0.1, 0.15) is 18.1 Å². The smallest absolute Gasteiger partial charge is 0.410 e. The van der Waals surface area contributed by atoms with E-state index < -0.39 is 0 Å². The molecule has 0 unspecified atom stereocenters. The number of ketones is 1. The molecule has 0 N–H and O–H groups in total. The summed E-state index contributed by atoms with van der Waals surface area (Å²) in [6.07, 6.45) is -0.338. The molecule has 1 aromatic heterocycles. The van der Waals surface area contributed by atoms with Crippen LogP contribution in [-0.4, -0.2) is 48.4 Å².